The van der Waals surface area contributed by atoms with Crippen molar-refractivity contribution in [3.63, 3.8) is 0 Å². The standard InChI is InChI=1S/C16H23F3N2O/c1-11(2)6-5-9-20-15(22)21-12(3)13-7-4-8-14(10-13)16(17,18)19/h4,7-8,10-12H,5-6,9H2,1-3H3,(H2,20,21,22). The zero-order chi connectivity index (χ0) is 16.8. The molecule has 0 heterocycles. The first-order valence-electron chi connectivity index (χ1n) is 7.41. The van der Waals surface area contributed by atoms with Crippen molar-refractivity contribution in [3.05, 3.63) is 35.4 Å². The SMILES string of the molecule is CC(C)CCCNC(=O)NC(C)c1cccc(C(F)(F)F)c1. The lowest BCUT2D eigenvalue weighted by molar-refractivity contribution is -0.137. The first-order valence-corrected chi connectivity index (χ1v) is 7.41. The number of halogens is 3. The number of hydrogen-bond donors (Lipinski definition) is 2. The third-order valence-corrected chi connectivity index (χ3v) is 3.31. The molecular weight excluding hydrogens is 293 g/mol. The van der Waals surface area contributed by atoms with Gasteiger partial charge in [-0.25, -0.2) is 4.79 Å². The number of nitrogens with one attached hydrogen (secondary N) is 2. The van der Waals surface area contributed by atoms with E-state index < -0.39 is 17.8 Å². The van der Waals surface area contributed by atoms with E-state index in [4.69, 9.17) is 0 Å². The number of alkyl halides is 3. The van der Waals surface area contributed by atoms with Gasteiger partial charge in [-0.15, -0.1) is 0 Å². The molecule has 0 saturated carbocycles. The molecule has 124 valence electrons. The van der Waals surface area contributed by atoms with E-state index in [1.165, 1.54) is 6.07 Å². The Morgan fingerprint density at radius 3 is 2.50 bits per heavy atom. The van der Waals surface area contributed by atoms with E-state index in [2.05, 4.69) is 24.5 Å². The summed E-state index contributed by atoms with van der Waals surface area (Å²) in [7, 11) is 0. The molecule has 6 heteroatoms. The molecule has 1 aromatic carbocycles. The molecule has 0 aliphatic carbocycles. The fraction of sp³-hybridized carbons (Fsp3) is 0.562. The van der Waals surface area contributed by atoms with Crippen LogP contribution in [0.2, 0.25) is 0 Å². The Morgan fingerprint density at radius 1 is 1.23 bits per heavy atom. The smallest absolute Gasteiger partial charge is 0.338 e. The number of carbonyl (C=O) groups is 1. The highest BCUT2D eigenvalue weighted by Crippen LogP contribution is 2.30. The normalized spacial score (nSPS) is 13.0. The zero-order valence-corrected chi connectivity index (χ0v) is 13.1. The number of urea groups is 1. The van der Waals surface area contributed by atoms with E-state index in [0.717, 1.165) is 25.0 Å². The highest BCUT2D eigenvalue weighted by molar-refractivity contribution is 5.74. The van der Waals surface area contributed by atoms with Gasteiger partial charge in [0.1, 0.15) is 0 Å². The lowest BCUT2D eigenvalue weighted by atomic mass is 10.1. The summed E-state index contributed by atoms with van der Waals surface area (Å²) in [4.78, 5) is 11.7. The Kier molecular flexibility index (Phi) is 6.71. The lowest BCUT2D eigenvalue weighted by Gasteiger charge is -2.17. The molecule has 0 aliphatic rings. The number of carbonyl (C=O) groups excluding carboxylic acids is 1. The van der Waals surface area contributed by atoms with E-state index >= 15 is 0 Å². The van der Waals surface area contributed by atoms with Gasteiger partial charge in [0.2, 0.25) is 0 Å². The highest BCUT2D eigenvalue weighted by Gasteiger charge is 2.30. The van der Waals surface area contributed by atoms with Crippen molar-refractivity contribution in [1.82, 2.24) is 10.6 Å². The first kappa shape index (κ1) is 18.3. The minimum absolute atomic E-state index is 0.367. The average molecular weight is 316 g/mol. The summed E-state index contributed by atoms with van der Waals surface area (Å²) in [6, 6.07) is 4.13. The third-order valence-electron chi connectivity index (χ3n) is 3.31. The molecule has 1 rings (SSSR count). The van der Waals surface area contributed by atoms with Gasteiger partial charge in [-0.1, -0.05) is 26.0 Å². The first-order chi connectivity index (χ1) is 10.2. The summed E-state index contributed by atoms with van der Waals surface area (Å²) in [5.74, 6) is 0.578. The van der Waals surface area contributed by atoms with Crippen molar-refractivity contribution in [2.45, 2.75) is 45.8 Å². The molecule has 2 amide bonds. The average Bonchev–Trinajstić information content (AvgIpc) is 2.42. The Labute approximate surface area is 129 Å². The monoisotopic (exact) mass is 316 g/mol. The van der Waals surface area contributed by atoms with E-state index in [-0.39, 0.29) is 6.03 Å². The van der Waals surface area contributed by atoms with E-state index in [0.29, 0.717) is 18.0 Å². The minimum Gasteiger partial charge on any atom is -0.338 e. The van der Waals surface area contributed by atoms with Crippen LogP contribution in [0.25, 0.3) is 0 Å². The summed E-state index contributed by atoms with van der Waals surface area (Å²) < 4.78 is 38.0. The van der Waals surface area contributed by atoms with E-state index in [1.54, 1.807) is 13.0 Å². The molecule has 2 N–H and O–H groups in total. The van der Waals surface area contributed by atoms with Crippen molar-refractivity contribution in [2.75, 3.05) is 6.54 Å². The fourth-order valence-electron chi connectivity index (χ4n) is 2.03. The summed E-state index contributed by atoms with van der Waals surface area (Å²) >= 11 is 0. The van der Waals surface area contributed by atoms with Gasteiger partial charge in [0.15, 0.2) is 0 Å². The van der Waals surface area contributed by atoms with Crippen LogP contribution in [0.15, 0.2) is 24.3 Å². The quantitative estimate of drug-likeness (QED) is 0.745. The van der Waals surface area contributed by atoms with Crippen LogP contribution in [0.5, 0.6) is 0 Å². The van der Waals surface area contributed by atoms with Crippen molar-refractivity contribution in [2.24, 2.45) is 5.92 Å². The third kappa shape index (κ3) is 6.37. The van der Waals surface area contributed by atoms with Gasteiger partial charge < -0.3 is 10.6 Å². The molecule has 1 aromatic rings. The summed E-state index contributed by atoms with van der Waals surface area (Å²) in [5.41, 5.74) is -0.289. The fourth-order valence-corrected chi connectivity index (χ4v) is 2.03. The Bertz CT molecular complexity index is 487. The highest BCUT2D eigenvalue weighted by atomic mass is 19.4. The van der Waals surface area contributed by atoms with Gasteiger partial charge in [-0.3, -0.25) is 0 Å². The molecule has 0 aliphatic heterocycles. The summed E-state index contributed by atoms with van der Waals surface area (Å²) in [6.07, 6.45) is -2.48. The van der Waals surface area contributed by atoms with Crippen LogP contribution in [-0.2, 0) is 6.18 Å². The van der Waals surface area contributed by atoms with Gasteiger partial charge in [0.25, 0.3) is 0 Å². The minimum atomic E-state index is -4.38. The van der Waals surface area contributed by atoms with Crippen LogP contribution in [0.3, 0.4) is 0 Å². The second-order valence-corrected chi connectivity index (χ2v) is 5.78. The molecule has 0 spiro atoms. The maximum atomic E-state index is 12.7. The molecule has 1 unspecified atom stereocenters. The van der Waals surface area contributed by atoms with Crippen LogP contribution in [-0.4, -0.2) is 12.6 Å². The van der Waals surface area contributed by atoms with Gasteiger partial charge in [-0.2, -0.15) is 13.2 Å². The summed E-state index contributed by atoms with van der Waals surface area (Å²) in [6.45, 7) is 6.42. The molecule has 3 nitrogen and oxygen atoms in total. The summed E-state index contributed by atoms with van der Waals surface area (Å²) in [5, 5.41) is 5.36. The van der Waals surface area contributed by atoms with Gasteiger partial charge in [-0.05, 0) is 43.4 Å². The lowest BCUT2D eigenvalue weighted by Crippen LogP contribution is -2.37. The number of hydrogen-bond acceptors (Lipinski definition) is 1. The maximum absolute atomic E-state index is 12.7. The van der Waals surface area contributed by atoms with Crippen molar-refractivity contribution in [1.29, 1.82) is 0 Å². The van der Waals surface area contributed by atoms with Crippen LogP contribution < -0.4 is 10.6 Å². The molecule has 0 saturated heterocycles. The second kappa shape index (κ2) is 8.06. The van der Waals surface area contributed by atoms with Gasteiger partial charge >= 0.3 is 12.2 Å². The molecular formula is C16H23F3N2O. The van der Waals surface area contributed by atoms with Crippen LogP contribution >= 0.6 is 0 Å². The molecule has 22 heavy (non-hydrogen) atoms. The van der Waals surface area contributed by atoms with Crippen LogP contribution in [0.1, 0.15) is 50.8 Å². The maximum Gasteiger partial charge on any atom is 0.416 e. The second-order valence-electron chi connectivity index (χ2n) is 5.78. The molecule has 0 bridgehead atoms. The Balaban J connectivity index is 2.51. The Morgan fingerprint density at radius 2 is 1.91 bits per heavy atom. The molecule has 0 aromatic heterocycles. The van der Waals surface area contributed by atoms with Crippen molar-refractivity contribution < 1.29 is 18.0 Å². The molecule has 0 fully saturated rings. The molecule has 1 atom stereocenters. The largest absolute Gasteiger partial charge is 0.416 e. The Hall–Kier alpha value is -1.72. The van der Waals surface area contributed by atoms with Crippen molar-refractivity contribution in [3.8, 4) is 0 Å². The van der Waals surface area contributed by atoms with E-state index in [9.17, 15) is 18.0 Å². The van der Waals surface area contributed by atoms with Crippen LogP contribution in [0, 0.1) is 5.92 Å². The number of rotatable bonds is 6. The van der Waals surface area contributed by atoms with Gasteiger partial charge in [0.05, 0.1) is 11.6 Å². The van der Waals surface area contributed by atoms with Crippen molar-refractivity contribution >= 4 is 6.03 Å². The number of benzene rings is 1. The predicted octanol–water partition coefficient (Wildman–Crippen LogP) is 4.50. The predicted molar refractivity (Wildman–Crippen MR) is 80.5 cm³/mol. The topological polar surface area (TPSA) is 41.1 Å². The molecule has 0 radical (unpaired) electrons. The van der Waals surface area contributed by atoms with E-state index in [1.807, 2.05) is 0 Å². The zero-order valence-electron chi connectivity index (χ0n) is 13.1. The van der Waals surface area contributed by atoms with Crippen LogP contribution in [0.4, 0.5) is 18.0 Å². The van der Waals surface area contributed by atoms with Gasteiger partial charge in [0, 0.05) is 6.54 Å². The number of amides is 2.